The smallest absolute Gasteiger partial charge is 0.308 e. The van der Waals surface area contributed by atoms with Crippen LogP contribution in [0.15, 0.2) is 48.7 Å². The van der Waals surface area contributed by atoms with Gasteiger partial charge in [0, 0.05) is 23.2 Å². The van der Waals surface area contributed by atoms with Crippen molar-refractivity contribution in [2.45, 2.75) is 25.4 Å². The number of nitrogens with zero attached hydrogens (tertiary/aromatic N) is 2. The summed E-state index contributed by atoms with van der Waals surface area (Å²) in [5.74, 6) is 4.21. The zero-order valence-corrected chi connectivity index (χ0v) is 20.6. The van der Waals surface area contributed by atoms with Gasteiger partial charge in [-0.15, -0.1) is 0 Å². The van der Waals surface area contributed by atoms with E-state index in [0.29, 0.717) is 59.7 Å². The normalized spacial score (nSPS) is 18.9. The lowest BCUT2D eigenvalue weighted by Crippen LogP contribution is -2.44. The molecule has 1 aromatic heterocycles. The van der Waals surface area contributed by atoms with E-state index in [-0.39, 0.29) is 17.9 Å². The Morgan fingerprint density at radius 1 is 1.31 bits per heavy atom. The first-order valence-corrected chi connectivity index (χ1v) is 12.2. The molecule has 8 heteroatoms. The van der Waals surface area contributed by atoms with Crippen molar-refractivity contribution in [2.24, 2.45) is 11.8 Å². The van der Waals surface area contributed by atoms with Crippen LogP contribution in [0.25, 0.3) is 10.9 Å². The second-order valence-electron chi connectivity index (χ2n) is 8.98. The molecule has 1 saturated heterocycles. The van der Waals surface area contributed by atoms with Crippen LogP contribution in [0.3, 0.4) is 0 Å². The van der Waals surface area contributed by atoms with Crippen LogP contribution in [-0.4, -0.2) is 47.7 Å². The molecule has 0 saturated carbocycles. The lowest BCUT2D eigenvalue weighted by atomic mass is 9.81. The SMILES string of the molecule is COc1ccc2nccc([C@@H](F)CC[C@@H]3CCN(CC#Cc4ccc(Cl)cc4F)C[C@@H]3C(=O)O)c2c1. The molecular weight excluding hydrogens is 486 g/mol. The van der Waals surface area contributed by atoms with Gasteiger partial charge in [0.25, 0.3) is 0 Å². The highest BCUT2D eigenvalue weighted by atomic mass is 35.5. The second-order valence-corrected chi connectivity index (χ2v) is 9.42. The minimum atomic E-state index is -1.24. The van der Waals surface area contributed by atoms with Gasteiger partial charge in [-0.1, -0.05) is 23.4 Å². The highest BCUT2D eigenvalue weighted by molar-refractivity contribution is 6.30. The van der Waals surface area contributed by atoms with Gasteiger partial charge in [0.05, 0.1) is 30.7 Å². The third-order valence-electron chi connectivity index (χ3n) is 6.72. The van der Waals surface area contributed by atoms with E-state index >= 15 is 4.39 Å². The van der Waals surface area contributed by atoms with Crippen molar-refractivity contribution in [3.8, 4) is 17.6 Å². The van der Waals surface area contributed by atoms with Gasteiger partial charge in [0.2, 0.25) is 0 Å². The number of piperidine rings is 1. The van der Waals surface area contributed by atoms with Crippen LogP contribution in [0.4, 0.5) is 8.78 Å². The number of fused-ring (bicyclic) bond motifs is 1. The van der Waals surface area contributed by atoms with Gasteiger partial charge in [-0.2, -0.15) is 0 Å². The first kappa shape index (κ1) is 25.9. The summed E-state index contributed by atoms with van der Waals surface area (Å²) in [7, 11) is 1.56. The van der Waals surface area contributed by atoms with Gasteiger partial charge in [-0.3, -0.25) is 14.7 Å². The average Bonchev–Trinajstić information content (AvgIpc) is 2.88. The zero-order chi connectivity index (χ0) is 25.7. The van der Waals surface area contributed by atoms with E-state index in [2.05, 4.69) is 16.8 Å². The number of carboxylic acids is 1. The van der Waals surface area contributed by atoms with E-state index < -0.39 is 23.9 Å². The molecule has 1 N–H and O–H groups in total. The maximum absolute atomic E-state index is 15.4. The van der Waals surface area contributed by atoms with Crippen LogP contribution < -0.4 is 4.74 Å². The minimum absolute atomic E-state index is 0.138. The molecule has 3 atom stereocenters. The summed E-state index contributed by atoms with van der Waals surface area (Å²) in [6.07, 6.45) is 1.66. The number of aliphatic carboxylic acids is 1. The molecule has 36 heavy (non-hydrogen) atoms. The minimum Gasteiger partial charge on any atom is -0.497 e. The van der Waals surface area contributed by atoms with Crippen LogP contribution in [0, 0.1) is 29.5 Å². The molecule has 5 nitrogen and oxygen atoms in total. The number of halogens is 3. The molecular formula is C28H27ClF2N2O3. The number of hydrogen-bond acceptors (Lipinski definition) is 4. The molecule has 0 unspecified atom stereocenters. The molecule has 0 bridgehead atoms. The molecule has 1 aliphatic rings. The fourth-order valence-electron chi connectivity index (χ4n) is 4.74. The van der Waals surface area contributed by atoms with E-state index in [4.69, 9.17) is 16.3 Å². The number of carbonyl (C=O) groups is 1. The van der Waals surface area contributed by atoms with Crippen LogP contribution in [0.2, 0.25) is 5.02 Å². The molecule has 2 aromatic carbocycles. The number of aromatic nitrogens is 1. The molecule has 1 aliphatic heterocycles. The second kappa shape index (κ2) is 11.7. The monoisotopic (exact) mass is 512 g/mol. The Hall–Kier alpha value is -3.21. The predicted octanol–water partition coefficient (Wildman–Crippen LogP) is 5.90. The number of rotatable bonds is 7. The Bertz CT molecular complexity index is 1310. The first-order chi connectivity index (χ1) is 17.4. The van der Waals surface area contributed by atoms with Crippen LogP contribution >= 0.6 is 11.6 Å². The number of carboxylic acid groups (broad SMARTS) is 1. The van der Waals surface area contributed by atoms with E-state index in [1.807, 2.05) is 4.90 Å². The van der Waals surface area contributed by atoms with Gasteiger partial charge in [0.1, 0.15) is 17.7 Å². The molecule has 0 spiro atoms. The lowest BCUT2D eigenvalue weighted by molar-refractivity contribution is -0.146. The van der Waals surface area contributed by atoms with Gasteiger partial charge in [0.15, 0.2) is 0 Å². The highest BCUT2D eigenvalue weighted by Crippen LogP contribution is 2.35. The van der Waals surface area contributed by atoms with Crippen molar-refractivity contribution in [3.63, 3.8) is 0 Å². The predicted molar refractivity (Wildman–Crippen MR) is 135 cm³/mol. The van der Waals surface area contributed by atoms with Crippen molar-refractivity contribution in [1.82, 2.24) is 9.88 Å². The Morgan fingerprint density at radius 2 is 2.14 bits per heavy atom. The largest absolute Gasteiger partial charge is 0.497 e. The number of likely N-dealkylation sites (tertiary alicyclic amines) is 1. The molecule has 0 aliphatic carbocycles. The van der Waals surface area contributed by atoms with Gasteiger partial charge in [-0.25, -0.2) is 8.78 Å². The number of benzene rings is 2. The molecule has 1 fully saturated rings. The fraction of sp³-hybridized carbons (Fsp3) is 0.357. The summed E-state index contributed by atoms with van der Waals surface area (Å²) >= 11 is 5.77. The number of pyridine rings is 1. The molecule has 4 rings (SSSR count). The average molecular weight is 513 g/mol. The van der Waals surface area contributed by atoms with Crippen LogP contribution in [0.5, 0.6) is 5.75 Å². The summed E-state index contributed by atoms with van der Waals surface area (Å²) in [6, 6.07) is 11.3. The fourth-order valence-corrected chi connectivity index (χ4v) is 4.90. The maximum atomic E-state index is 15.4. The van der Waals surface area contributed by atoms with Crippen LogP contribution in [-0.2, 0) is 4.79 Å². The lowest BCUT2D eigenvalue weighted by Gasteiger charge is -2.35. The Labute approximate surface area is 214 Å². The van der Waals surface area contributed by atoms with Crippen molar-refractivity contribution in [2.75, 3.05) is 26.7 Å². The van der Waals surface area contributed by atoms with E-state index in [1.54, 1.807) is 43.6 Å². The standard InChI is InChI=1S/C28H27ClF2N2O3/c1-36-21-7-9-27-23(16-21)22(10-12-32-27)25(30)8-5-18-11-14-33(17-24(18)28(34)35)13-2-3-19-4-6-20(29)15-26(19)31/h4,6-7,9-10,12,15-16,18,24-25H,5,8,11,13-14,17H2,1H3,(H,34,35)/t18-,24+,25+/m1/s1. The summed E-state index contributed by atoms with van der Waals surface area (Å²) in [6.45, 7) is 1.30. The Morgan fingerprint density at radius 3 is 2.89 bits per heavy atom. The van der Waals surface area contributed by atoms with Crippen molar-refractivity contribution in [3.05, 3.63) is 70.6 Å². The molecule has 2 heterocycles. The summed E-state index contributed by atoms with van der Waals surface area (Å²) < 4.78 is 34.5. The topological polar surface area (TPSA) is 62.7 Å². The Kier molecular flexibility index (Phi) is 8.40. The molecule has 0 amide bonds. The third kappa shape index (κ3) is 6.13. The van der Waals surface area contributed by atoms with E-state index in [0.717, 1.165) is 0 Å². The van der Waals surface area contributed by atoms with Gasteiger partial charge < -0.3 is 9.84 Å². The first-order valence-electron chi connectivity index (χ1n) is 11.8. The number of ether oxygens (including phenoxy) is 1. The van der Waals surface area contributed by atoms with E-state index in [1.165, 1.54) is 12.1 Å². The number of methoxy groups -OCH3 is 1. The van der Waals surface area contributed by atoms with Crippen molar-refractivity contribution >= 4 is 28.5 Å². The highest BCUT2D eigenvalue weighted by Gasteiger charge is 2.34. The number of hydrogen-bond donors (Lipinski definition) is 1. The van der Waals surface area contributed by atoms with Crippen molar-refractivity contribution in [1.29, 1.82) is 0 Å². The zero-order valence-electron chi connectivity index (χ0n) is 19.9. The maximum Gasteiger partial charge on any atom is 0.308 e. The molecule has 3 aromatic rings. The number of alkyl halides is 1. The van der Waals surface area contributed by atoms with E-state index in [9.17, 15) is 14.3 Å². The summed E-state index contributed by atoms with van der Waals surface area (Å²) in [4.78, 5) is 18.3. The van der Waals surface area contributed by atoms with Crippen molar-refractivity contribution < 1.29 is 23.4 Å². The molecule has 0 radical (unpaired) electrons. The van der Waals surface area contributed by atoms with Gasteiger partial charge >= 0.3 is 5.97 Å². The van der Waals surface area contributed by atoms with Gasteiger partial charge in [-0.05, 0) is 79.8 Å². The van der Waals surface area contributed by atoms with Crippen LogP contribution in [0.1, 0.15) is 36.6 Å². The third-order valence-corrected chi connectivity index (χ3v) is 6.96. The Balaban J connectivity index is 1.38. The summed E-state index contributed by atoms with van der Waals surface area (Å²) in [5.41, 5.74) is 1.47. The molecule has 188 valence electrons. The summed E-state index contributed by atoms with van der Waals surface area (Å²) in [5, 5.41) is 10.8. The quantitative estimate of drug-likeness (QED) is 0.399.